The quantitative estimate of drug-likeness (QED) is 0.790. The Morgan fingerprint density at radius 2 is 2.37 bits per heavy atom. The molecule has 3 aromatic rings. The van der Waals surface area contributed by atoms with Crippen LogP contribution in [-0.4, -0.2) is 26.1 Å². The van der Waals surface area contributed by atoms with E-state index in [2.05, 4.69) is 10.3 Å². The van der Waals surface area contributed by atoms with E-state index in [0.717, 1.165) is 10.4 Å². The highest BCUT2D eigenvalue weighted by Gasteiger charge is 2.21. The maximum Gasteiger partial charge on any atom is 0.358 e. The molecule has 3 rings (SSSR count). The number of carboxylic acid groups (broad SMARTS) is 1. The van der Waals surface area contributed by atoms with Crippen molar-refractivity contribution < 1.29 is 14.3 Å². The van der Waals surface area contributed by atoms with Gasteiger partial charge >= 0.3 is 5.97 Å². The lowest BCUT2D eigenvalue weighted by molar-refractivity contribution is 0.0691. The Bertz CT molecular complexity index is 686. The lowest BCUT2D eigenvalue weighted by Gasteiger charge is -2.03. The van der Waals surface area contributed by atoms with E-state index in [1.165, 1.54) is 11.3 Å². The molecule has 6 nitrogen and oxygen atoms in total. The molecule has 0 saturated heterocycles. The van der Waals surface area contributed by atoms with E-state index in [0.29, 0.717) is 12.2 Å². The summed E-state index contributed by atoms with van der Waals surface area (Å²) in [5.41, 5.74) is 1.38. The van der Waals surface area contributed by atoms with Crippen LogP contribution in [0.15, 0.2) is 40.5 Å². The number of nitrogens with zero attached hydrogens (tertiary/aromatic N) is 3. The molecule has 0 aliphatic rings. The Hall–Kier alpha value is -2.41. The van der Waals surface area contributed by atoms with Gasteiger partial charge in [0, 0.05) is 5.56 Å². The maximum absolute atomic E-state index is 11.2. The van der Waals surface area contributed by atoms with Crippen LogP contribution in [0, 0.1) is 0 Å². The van der Waals surface area contributed by atoms with Crippen molar-refractivity contribution in [2.24, 2.45) is 0 Å². The van der Waals surface area contributed by atoms with Gasteiger partial charge in [-0.2, -0.15) is 0 Å². The standard InChI is InChI=1S/C12H9N3O3S/c16-12(17)10-11(9-2-1-5-19-9)15(14-13-10)6-8-3-4-18-7-8/h1-5,7H,6H2,(H,16,17). The van der Waals surface area contributed by atoms with Crippen LogP contribution in [0.3, 0.4) is 0 Å². The van der Waals surface area contributed by atoms with Crippen LogP contribution >= 0.6 is 11.3 Å². The van der Waals surface area contributed by atoms with Gasteiger partial charge in [0.15, 0.2) is 5.69 Å². The van der Waals surface area contributed by atoms with E-state index in [-0.39, 0.29) is 5.69 Å². The minimum atomic E-state index is -1.08. The maximum atomic E-state index is 11.2. The first-order valence-electron chi connectivity index (χ1n) is 5.47. The first-order valence-corrected chi connectivity index (χ1v) is 6.35. The van der Waals surface area contributed by atoms with Gasteiger partial charge in [0.25, 0.3) is 0 Å². The SMILES string of the molecule is O=C(O)c1nnn(Cc2ccoc2)c1-c1cccs1. The van der Waals surface area contributed by atoms with Crippen LogP contribution < -0.4 is 0 Å². The van der Waals surface area contributed by atoms with Crippen molar-refractivity contribution in [3.05, 3.63) is 47.4 Å². The van der Waals surface area contributed by atoms with Crippen molar-refractivity contribution in [3.8, 4) is 10.6 Å². The molecular formula is C12H9N3O3S. The van der Waals surface area contributed by atoms with Crippen molar-refractivity contribution in [1.82, 2.24) is 15.0 Å². The van der Waals surface area contributed by atoms with Crippen molar-refractivity contribution in [2.75, 3.05) is 0 Å². The Morgan fingerprint density at radius 3 is 3.00 bits per heavy atom. The van der Waals surface area contributed by atoms with E-state index in [1.807, 2.05) is 17.5 Å². The van der Waals surface area contributed by atoms with Gasteiger partial charge in [-0.15, -0.1) is 16.4 Å². The second kappa shape index (κ2) is 4.69. The molecule has 3 aromatic heterocycles. The molecule has 0 aliphatic carbocycles. The first kappa shape index (κ1) is 11.7. The van der Waals surface area contributed by atoms with Crippen LogP contribution in [0.25, 0.3) is 10.6 Å². The zero-order chi connectivity index (χ0) is 13.2. The third kappa shape index (κ3) is 2.15. The van der Waals surface area contributed by atoms with E-state index in [1.54, 1.807) is 23.3 Å². The van der Waals surface area contributed by atoms with Gasteiger partial charge in [-0.3, -0.25) is 0 Å². The van der Waals surface area contributed by atoms with Gasteiger partial charge in [0.05, 0.1) is 23.9 Å². The molecule has 0 radical (unpaired) electrons. The minimum Gasteiger partial charge on any atom is -0.476 e. The zero-order valence-electron chi connectivity index (χ0n) is 9.68. The summed E-state index contributed by atoms with van der Waals surface area (Å²) in [4.78, 5) is 12.0. The van der Waals surface area contributed by atoms with Gasteiger partial charge in [-0.1, -0.05) is 11.3 Å². The highest BCUT2D eigenvalue weighted by atomic mass is 32.1. The highest BCUT2D eigenvalue weighted by Crippen LogP contribution is 2.27. The molecule has 96 valence electrons. The molecule has 0 saturated carbocycles. The first-order chi connectivity index (χ1) is 9.25. The molecule has 0 atom stereocenters. The van der Waals surface area contributed by atoms with Crippen molar-refractivity contribution >= 4 is 17.3 Å². The second-order valence-electron chi connectivity index (χ2n) is 3.86. The van der Waals surface area contributed by atoms with E-state index >= 15 is 0 Å². The number of carbonyl (C=O) groups is 1. The Balaban J connectivity index is 2.07. The van der Waals surface area contributed by atoms with Gasteiger partial charge in [-0.05, 0) is 17.5 Å². The summed E-state index contributed by atoms with van der Waals surface area (Å²) in [5.74, 6) is -1.08. The lowest BCUT2D eigenvalue weighted by atomic mass is 10.2. The molecule has 1 N–H and O–H groups in total. The Kier molecular flexibility index (Phi) is 2.88. The Labute approximate surface area is 111 Å². The monoisotopic (exact) mass is 275 g/mol. The normalized spacial score (nSPS) is 10.7. The predicted molar refractivity (Wildman–Crippen MR) is 68.1 cm³/mol. The number of furan rings is 1. The van der Waals surface area contributed by atoms with Crippen molar-refractivity contribution in [2.45, 2.75) is 6.54 Å². The lowest BCUT2D eigenvalue weighted by Crippen LogP contribution is -2.04. The molecule has 0 fully saturated rings. The number of hydrogen-bond acceptors (Lipinski definition) is 5. The van der Waals surface area contributed by atoms with Gasteiger partial charge < -0.3 is 9.52 Å². The minimum absolute atomic E-state index is 0.0362. The average Bonchev–Trinajstić information content (AvgIpc) is 3.09. The smallest absolute Gasteiger partial charge is 0.358 e. The van der Waals surface area contributed by atoms with Gasteiger partial charge in [0.2, 0.25) is 0 Å². The summed E-state index contributed by atoms with van der Waals surface area (Å²) in [6.45, 7) is 0.421. The van der Waals surface area contributed by atoms with E-state index in [9.17, 15) is 9.90 Å². The van der Waals surface area contributed by atoms with E-state index in [4.69, 9.17) is 4.42 Å². The fraction of sp³-hybridized carbons (Fsp3) is 0.0833. The molecule has 0 unspecified atom stereocenters. The largest absolute Gasteiger partial charge is 0.476 e. The number of hydrogen-bond donors (Lipinski definition) is 1. The number of rotatable bonds is 4. The summed E-state index contributed by atoms with van der Waals surface area (Å²) in [7, 11) is 0. The molecule has 0 spiro atoms. The van der Waals surface area contributed by atoms with Crippen LogP contribution in [0.4, 0.5) is 0 Å². The van der Waals surface area contributed by atoms with E-state index < -0.39 is 5.97 Å². The average molecular weight is 275 g/mol. The fourth-order valence-electron chi connectivity index (χ4n) is 1.78. The predicted octanol–water partition coefficient (Wildman–Crippen LogP) is 2.35. The topological polar surface area (TPSA) is 81.1 Å². The van der Waals surface area contributed by atoms with Gasteiger partial charge in [-0.25, -0.2) is 9.48 Å². The molecule has 7 heteroatoms. The summed E-state index contributed by atoms with van der Waals surface area (Å²) in [6.07, 6.45) is 3.16. The zero-order valence-corrected chi connectivity index (χ0v) is 10.5. The summed E-state index contributed by atoms with van der Waals surface area (Å²) in [6, 6.07) is 5.52. The molecule has 0 amide bonds. The molecular weight excluding hydrogens is 266 g/mol. The number of aromatic carboxylic acids is 1. The summed E-state index contributed by atoms with van der Waals surface area (Å²) in [5, 5.41) is 18.7. The van der Waals surface area contributed by atoms with Crippen molar-refractivity contribution in [3.63, 3.8) is 0 Å². The van der Waals surface area contributed by atoms with Crippen LogP contribution in [-0.2, 0) is 6.54 Å². The second-order valence-corrected chi connectivity index (χ2v) is 4.81. The van der Waals surface area contributed by atoms with Crippen molar-refractivity contribution in [1.29, 1.82) is 0 Å². The molecule has 0 aromatic carbocycles. The van der Waals surface area contributed by atoms with Crippen LogP contribution in [0.5, 0.6) is 0 Å². The third-order valence-electron chi connectivity index (χ3n) is 2.60. The molecule has 3 heterocycles. The van der Waals surface area contributed by atoms with Crippen LogP contribution in [0.1, 0.15) is 16.1 Å². The Morgan fingerprint density at radius 1 is 1.47 bits per heavy atom. The number of carboxylic acids is 1. The summed E-state index contributed by atoms with van der Waals surface area (Å²) < 4.78 is 6.57. The molecule has 0 bridgehead atoms. The fourth-order valence-corrected chi connectivity index (χ4v) is 2.56. The number of aromatic nitrogens is 3. The third-order valence-corrected chi connectivity index (χ3v) is 3.48. The number of thiophene rings is 1. The molecule has 19 heavy (non-hydrogen) atoms. The highest BCUT2D eigenvalue weighted by molar-refractivity contribution is 7.13. The van der Waals surface area contributed by atoms with Gasteiger partial charge in [0.1, 0.15) is 5.69 Å². The van der Waals surface area contributed by atoms with Crippen LogP contribution in [0.2, 0.25) is 0 Å². The molecule has 0 aliphatic heterocycles. The summed E-state index contributed by atoms with van der Waals surface area (Å²) >= 11 is 1.45.